The van der Waals surface area contributed by atoms with E-state index in [2.05, 4.69) is 26.0 Å². The van der Waals surface area contributed by atoms with Crippen molar-refractivity contribution in [3.05, 3.63) is 62.6 Å². The molecule has 1 atom stereocenters. The third-order valence-electron chi connectivity index (χ3n) is 3.14. The molecule has 134 valence electrons. The van der Waals surface area contributed by atoms with Gasteiger partial charge in [0.1, 0.15) is 11.4 Å². The number of alkyl halides is 3. The molecule has 10 heteroatoms. The molecule has 0 aliphatic rings. The first kappa shape index (κ1) is 19.0. The molecule has 2 aromatic rings. The van der Waals surface area contributed by atoms with Crippen LogP contribution in [0.4, 0.5) is 24.5 Å². The molecule has 0 aliphatic heterocycles. The van der Waals surface area contributed by atoms with Gasteiger partial charge in [-0.15, -0.1) is 13.2 Å². The fourth-order valence-corrected chi connectivity index (χ4v) is 2.37. The Hall–Kier alpha value is -2.33. The summed E-state index contributed by atoms with van der Waals surface area (Å²) in [5, 5.41) is 23.9. The summed E-state index contributed by atoms with van der Waals surface area (Å²) in [5.74, 6) is -0.403. The van der Waals surface area contributed by atoms with Gasteiger partial charge in [-0.2, -0.15) is 0 Å². The van der Waals surface area contributed by atoms with E-state index in [-0.39, 0.29) is 17.9 Å². The Balaban J connectivity index is 2.03. The molecular weight excluding hydrogens is 409 g/mol. The summed E-state index contributed by atoms with van der Waals surface area (Å²) < 4.78 is 40.6. The number of anilines is 1. The van der Waals surface area contributed by atoms with E-state index in [1.54, 1.807) is 6.07 Å². The number of aliphatic hydroxyl groups is 1. The predicted molar refractivity (Wildman–Crippen MR) is 87.4 cm³/mol. The molecule has 0 bridgehead atoms. The van der Waals surface area contributed by atoms with Crippen molar-refractivity contribution in [1.82, 2.24) is 0 Å². The van der Waals surface area contributed by atoms with Gasteiger partial charge in [0.25, 0.3) is 5.69 Å². The van der Waals surface area contributed by atoms with Gasteiger partial charge in [0.2, 0.25) is 0 Å². The van der Waals surface area contributed by atoms with Crippen molar-refractivity contribution in [3.8, 4) is 5.75 Å². The Morgan fingerprint density at radius 2 is 1.88 bits per heavy atom. The zero-order chi connectivity index (χ0) is 18.6. The van der Waals surface area contributed by atoms with E-state index >= 15 is 0 Å². The number of benzene rings is 2. The molecule has 0 saturated heterocycles. The number of nitrogens with one attached hydrogen (secondary N) is 1. The Bertz CT molecular complexity index is 753. The second-order valence-electron chi connectivity index (χ2n) is 4.93. The summed E-state index contributed by atoms with van der Waals surface area (Å²) in [6.45, 7) is -0.0675. The fraction of sp³-hybridized carbons (Fsp3) is 0.200. The molecule has 6 nitrogen and oxygen atoms in total. The second-order valence-corrected chi connectivity index (χ2v) is 5.85. The van der Waals surface area contributed by atoms with Crippen LogP contribution < -0.4 is 10.1 Å². The summed E-state index contributed by atoms with van der Waals surface area (Å²) in [5.41, 5.74) is 0.376. The normalized spacial score (nSPS) is 12.5. The molecule has 25 heavy (non-hydrogen) atoms. The smallest absolute Gasteiger partial charge is 0.406 e. The Morgan fingerprint density at radius 1 is 1.24 bits per heavy atom. The SMILES string of the molecule is O=[N+]([O-])c1cc(Br)ccc1NCC(O)c1ccc(OC(F)(F)F)cc1. The van der Waals surface area contributed by atoms with Crippen molar-refractivity contribution in [2.75, 3.05) is 11.9 Å². The van der Waals surface area contributed by atoms with Gasteiger partial charge in [-0.1, -0.05) is 28.1 Å². The standard InChI is InChI=1S/C15H12BrF3N2O4/c16-10-3-6-12(13(7-10)21(23)24)20-8-14(22)9-1-4-11(5-2-9)25-15(17,18)19/h1-7,14,20,22H,8H2. The lowest BCUT2D eigenvalue weighted by Gasteiger charge is -2.14. The average molecular weight is 421 g/mol. The van der Waals surface area contributed by atoms with Crippen LogP contribution in [0.15, 0.2) is 46.9 Å². The molecule has 0 aliphatic carbocycles. The average Bonchev–Trinajstić information content (AvgIpc) is 2.52. The molecule has 1 unspecified atom stereocenters. The number of aliphatic hydroxyl groups excluding tert-OH is 1. The van der Waals surface area contributed by atoms with Crippen LogP contribution >= 0.6 is 15.9 Å². The van der Waals surface area contributed by atoms with Crippen molar-refractivity contribution in [1.29, 1.82) is 0 Å². The molecule has 2 aromatic carbocycles. The van der Waals surface area contributed by atoms with E-state index in [9.17, 15) is 28.4 Å². The minimum Gasteiger partial charge on any atom is -0.406 e. The maximum absolute atomic E-state index is 12.1. The topological polar surface area (TPSA) is 84.6 Å². The van der Waals surface area contributed by atoms with E-state index < -0.39 is 23.1 Å². The van der Waals surface area contributed by atoms with E-state index in [1.807, 2.05) is 0 Å². The zero-order valence-corrected chi connectivity index (χ0v) is 14.0. The number of hydrogen-bond acceptors (Lipinski definition) is 5. The van der Waals surface area contributed by atoms with Crippen LogP contribution in [0, 0.1) is 10.1 Å². The van der Waals surface area contributed by atoms with Crippen LogP contribution in [0.25, 0.3) is 0 Å². The molecule has 0 aromatic heterocycles. The third-order valence-corrected chi connectivity index (χ3v) is 3.63. The lowest BCUT2D eigenvalue weighted by atomic mass is 10.1. The molecule has 0 spiro atoms. The molecule has 0 heterocycles. The maximum Gasteiger partial charge on any atom is 0.573 e. The zero-order valence-electron chi connectivity index (χ0n) is 12.5. The lowest BCUT2D eigenvalue weighted by molar-refractivity contribution is -0.384. The fourth-order valence-electron chi connectivity index (χ4n) is 2.02. The number of rotatable bonds is 6. The predicted octanol–water partition coefficient (Wildman–Crippen LogP) is 4.40. The highest BCUT2D eigenvalue weighted by molar-refractivity contribution is 9.10. The van der Waals surface area contributed by atoms with Crippen molar-refractivity contribution in [2.24, 2.45) is 0 Å². The minimum absolute atomic E-state index is 0.0675. The van der Waals surface area contributed by atoms with Gasteiger partial charge < -0.3 is 15.2 Å². The van der Waals surface area contributed by atoms with Crippen molar-refractivity contribution >= 4 is 27.3 Å². The molecular formula is C15H12BrF3N2O4. The van der Waals surface area contributed by atoms with Gasteiger partial charge in [-0.3, -0.25) is 10.1 Å². The summed E-state index contributed by atoms with van der Waals surface area (Å²) in [7, 11) is 0. The largest absolute Gasteiger partial charge is 0.573 e. The van der Waals surface area contributed by atoms with Gasteiger partial charge in [0.05, 0.1) is 11.0 Å². The number of ether oxygens (including phenoxy) is 1. The summed E-state index contributed by atoms with van der Waals surface area (Å²) in [4.78, 5) is 10.4. The lowest BCUT2D eigenvalue weighted by Crippen LogP contribution is -2.17. The van der Waals surface area contributed by atoms with Crippen LogP contribution in [0.5, 0.6) is 5.75 Å². The van der Waals surface area contributed by atoms with Gasteiger partial charge >= 0.3 is 6.36 Å². The van der Waals surface area contributed by atoms with Crippen molar-refractivity contribution in [2.45, 2.75) is 12.5 Å². The first-order chi connectivity index (χ1) is 11.7. The number of halogens is 4. The van der Waals surface area contributed by atoms with Crippen molar-refractivity contribution in [3.63, 3.8) is 0 Å². The van der Waals surface area contributed by atoms with E-state index in [0.717, 1.165) is 12.1 Å². The van der Waals surface area contributed by atoms with Gasteiger partial charge in [0, 0.05) is 17.1 Å². The van der Waals surface area contributed by atoms with E-state index in [0.29, 0.717) is 10.0 Å². The van der Waals surface area contributed by atoms with E-state index in [4.69, 9.17) is 0 Å². The number of nitrogens with zero attached hydrogens (tertiary/aromatic N) is 1. The summed E-state index contributed by atoms with van der Waals surface area (Å²) in [6.07, 6.45) is -5.87. The van der Waals surface area contributed by atoms with Gasteiger partial charge in [0.15, 0.2) is 0 Å². The number of nitro benzene ring substituents is 1. The molecule has 0 amide bonds. The molecule has 2 N–H and O–H groups in total. The van der Waals surface area contributed by atoms with E-state index in [1.165, 1.54) is 24.3 Å². The molecule has 0 radical (unpaired) electrons. The third kappa shape index (κ3) is 5.61. The van der Waals surface area contributed by atoms with Crippen LogP contribution in [0.2, 0.25) is 0 Å². The Labute approximate surface area is 148 Å². The highest BCUT2D eigenvalue weighted by atomic mass is 79.9. The van der Waals surface area contributed by atoms with Gasteiger partial charge in [-0.05, 0) is 29.8 Å². The summed E-state index contributed by atoms with van der Waals surface area (Å²) >= 11 is 3.14. The Morgan fingerprint density at radius 3 is 2.44 bits per heavy atom. The van der Waals surface area contributed by atoms with Crippen molar-refractivity contribution < 1.29 is 27.9 Å². The van der Waals surface area contributed by atoms with Crippen LogP contribution in [-0.2, 0) is 0 Å². The molecule has 0 fully saturated rings. The van der Waals surface area contributed by atoms with Gasteiger partial charge in [-0.25, -0.2) is 0 Å². The quantitative estimate of drug-likeness (QED) is 0.534. The second kappa shape index (κ2) is 7.70. The van der Waals surface area contributed by atoms with Crippen LogP contribution in [0.1, 0.15) is 11.7 Å². The number of hydrogen-bond donors (Lipinski definition) is 2. The number of nitro groups is 1. The summed E-state index contributed by atoms with van der Waals surface area (Å²) in [6, 6.07) is 9.12. The van der Waals surface area contributed by atoms with Crippen LogP contribution in [-0.4, -0.2) is 22.9 Å². The molecule has 2 rings (SSSR count). The maximum atomic E-state index is 12.1. The highest BCUT2D eigenvalue weighted by Gasteiger charge is 2.31. The Kier molecular flexibility index (Phi) is 5.85. The first-order valence-electron chi connectivity index (χ1n) is 6.87. The minimum atomic E-state index is -4.79. The highest BCUT2D eigenvalue weighted by Crippen LogP contribution is 2.29. The molecule has 0 saturated carbocycles. The monoisotopic (exact) mass is 420 g/mol. The first-order valence-corrected chi connectivity index (χ1v) is 7.66. The van der Waals surface area contributed by atoms with Crippen LogP contribution in [0.3, 0.4) is 0 Å².